The van der Waals surface area contributed by atoms with E-state index in [4.69, 9.17) is 4.74 Å². The number of aliphatic hydroxyl groups is 3. The first-order valence-corrected chi connectivity index (χ1v) is 20.6. The Balaban J connectivity index is 4.10. The Hall–Kier alpha value is -0.980. The number of hydrogen-bond acceptors (Lipinski definition) is 6. The summed E-state index contributed by atoms with van der Waals surface area (Å²) in [7, 11) is 0. The summed E-state index contributed by atoms with van der Waals surface area (Å²) in [5.74, 6) is -0.809. The molecule has 0 aromatic rings. The van der Waals surface area contributed by atoms with Crippen LogP contribution in [0.5, 0.6) is 0 Å². The molecule has 3 N–H and O–H groups in total. The molecule has 0 aliphatic carbocycles. The van der Waals surface area contributed by atoms with Gasteiger partial charge in [0, 0.05) is 12.8 Å². The summed E-state index contributed by atoms with van der Waals surface area (Å²) in [6, 6.07) is 0. The van der Waals surface area contributed by atoms with Crippen LogP contribution in [0.1, 0.15) is 219 Å². The lowest BCUT2D eigenvalue weighted by Gasteiger charge is -2.34. The fraction of sp³-hybridized carbons (Fsp3) is 0.951. The average molecular weight is 669 g/mol. The van der Waals surface area contributed by atoms with Gasteiger partial charge >= 0.3 is 5.97 Å². The standard InChI is InChI=1S/C41H80O6/c1-3-5-7-9-11-13-15-17-19-21-23-25-27-29-31-33-38(45)40(41(35-42,36-43)37-44)47-39(46)34-32-30-28-26-24-22-20-18-16-14-12-10-8-6-4-2/h40,42-44H,3-37H2,1-2H3. The van der Waals surface area contributed by atoms with Crippen LogP contribution in [-0.2, 0) is 14.3 Å². The van der Waals surface area contributed by atoms with E-state index in [1.165, 1.54) is 148 Å². The summed E-state index contributed by atoms with van der Waals surface area (Å²) in [4.78, 5) is 25.8. The minimum Gasteiger partial charge on any atom is -0.453 e. The maximum Gasteiger partial charge on any atom is 0.306 e. The van der Waals surface area contributed by atoms with Gasteiger partial charge in [0.1, 0.15) is 0 Å². The fourth-order valence-corrected chi connectivity index (χ4v) is 6.56. The molecule has 0 aromatic carbocycles. The maximum atomic E-state index is 13.1. The van der Waals surface area contributed by atoms with Crippen molar-refractivity contribution >= 4 is 11.8 Å². The van der Waals surface area contributed by atoms with Crippen LogP contribution in [0.25, 0.3) is 0 Å². The Labute approximate surface area is 291 Å². The third-order valence-corrected chi connectivity index (χ3v) is 10.1. The first-order valence-electron chi connectivity index (χ1n) is 20.6. The maximum absolute atomic E-state index is 13.1. The molecule has 0 amide bonds. The van der Waals surface area contributed by atoms with Crippen molar-refractivity contribution in [3.8, 4) is 0 Å². The highest BCUT2D eigenvalue weighted by Crippen LogP contribution is 2.27. The van der Waals surface area contributed by atoms with Crippen LogP contribution in [-0.4, -0.2) is 53.0 Å². The van der Waals surface area contributed by atoms with Crippen LogP contribution in [0.4, 0.5) is 0 Å². The molecule has 0 saturated carbocycles. The van der Waals surface area contributed by atoms with Gasteiger partial charge in [-0.2, -0.15) is 0 Å². The van der Waals surface area contributed by atoms with Crippen molar-refractivity contribution in [2.45, 2.75) is 225 Å². The molecule has 0 aromatic heterocycles. The van der Waals surface area contributed by atoms with Crippen molar-refractivity contribution in [3.63, 3.8) is 0 Å². The van der Waals surface area contributed by atoms with Gasteiger partial charge in [-0.25, -0.2) is 0 Å². The molecule has 0 heterocycles. The Morgan fingerprint density at radius 3 is 0.957 bits per heavy atom. The van der Waals surface area contributed by atoms with E-state index in [2.05, 4.69) is 13.8 Å². The Morgan fingerprint density at radius 1 is 0.426 bits per heavy atom. The largest absolute Gasteiger partial charge is 0.453 e. The van der Waals surface area contributed by atoms with Crippen LogP contribution in [0.2, 0.25) is 0 Å². The number of carbonyl (C=O) groups excluding carboxylic acids is 2. The lowest BCUT2D eigenvalue weighted by molar-refractivity contribution is -0.173. The Morgan fingerprint density at radius 2 is 0.681 bits per heavy atom. The van der Waals surface area contributed by atoms with E-state index in [9.17, 15) is 24.9 Å². The van der Waals surface area contributed by atoms with Crippen LogP contribution < -0.4 is 0 Å². The first-order chi connectivity index (χ1) is 23.0. The van der Waals surface area contributed by atoms with Gasteiger partial charge in [0.25, 0.3) is 0 Å². The average Bonchev–Trinajstić information content (AvgIpc) is 3.08. The molecule has 47 heavy (non-hydrogen) atoms. The number of ether oxygens (including phenoxy) is 1. The highest BCUT2D eigenvalue weighted by Gasteiger charge is 2.44. The second-order valence-corrected chi connectivity index (χ2v) is 14.6. The summed E-state index contributed by atoms with van der Waals surface area (Å²) in [5.41, 5.74) is -1.56. The van der Waals surface area contributed by atoms with E-state index < -0.39 is 37.3 Å². The van der Waals surface area contributed by atoms with Gasteiger partial charge in [0.15, 0.2) is 11.9 Å². The summed E-state index contributed by atoms with van der Waals surface area (Å²) >= 11 is 0. The number of hydrogen-bond donors (Lipinski definition) is 3. The van der Waals surface area contributed by atoms with Crippen LogP contribution in [0, 0.1) is 5.41 Å². The van der Waals surface area contributed by atoms with Gasteiger partial charge < -0.3 is 20.1 Å². The zero-order valence-electron chi connectivity index (χ0n) is 31.4. The number of ketones is 1. The van der Waals surface area contributed by atoms with E-state index in [0.717, 1.165) is 32.1 Å². The number of Topliss-reactive ketones (excluding diaryl/α,β-unsaturated/α-hetero) is 1. The fourth-order valence-electron chi connectivity index (χ4n) is 6.56. The monoisotopic (exact) mass is 669 g/mol. The topological polar surface area (TPSA) is 104 Å². The predicted molar refractivity (Wildman–Crippen MR) is 198 cm³/mol. The van der Waals surface area contributed by atoms with E-state index in [0.29, 0.717) is 12.8 Å². The molecule has 6 heteroatoms. The Kier molecular flexibility index (Phi) is 34.1. The zero-order valence-corrected chi connectivity index (χ0v) is 31.4. The normalized spacial score (nSPS) is 12.4. The number of rotatable bonds is 38. The number of carbonyl (C=O) groups is 2. The second-order valence-electron chi connectivity index (χ2n) is 14.6. The summed E-state index contributed by atoms with van der Waals surface area (Å²) in [6.07, 6.45) is 36.3. The van der Waals surface area contributed by atoms with Gasteiger partial charge in [-0.05, 0) is 12.8 Å². The van der Waals surface area contributed by atoms with Crippen molar-refractivity contribution in [3.05, 3.63) is 0 Å². The quantitative estimate of drug-likeness (QED) is 0.0447. The Bertz CT molecular complexity index is 669. The molecule has 0 fully saturated rings. The minimum atomic E-state index is -1.56. The second kappa shape index (κ2) is 34.9. The zero-order chi connectivity index (χ0) is 34.7. The predicted octanol–water partition coefficient (Wildman–Crippen LogP) is 11.0. The lowest BCUT2D eigenvalue weighted by atomic mass is 9.81. The minimum absolute atomic E-state index is 0.208. The van der Waals surface area contributed by atoms with Gasteiger partial charge in [0.2, 0.25) is 0 Å². The molecular formula is C41H80O6. The summed E-state index contributed by atoms with van der Waals surface area (Å²) in [6.45, 7) is 2.65. The van der Waals surface area contributed by atoms with E-state index in [1.807, 2.05) is 0 Å². The van der Waals surface area contributed by atoms with Crippen molar-refractivity contribution in [2.24, 2.45) is 5.41 Å². The molecule has 0 aliphatic rings. The van der Waals surface area contributed by atoms with Crippen molar-refractivity contribution in [1.29, 1.82) is 0 Å². The van der Waals surface area contributed by atoms with Gasteiger partial charge in [0.05, 0.1) is 25.2 Å². The van der Waals surface area contributed by atoms with Crippen LogP contribution in [0.3, 0.4) is 0 Å². The SMILES string of the molecule is CCCCCCCCCCCCCCCCCC(=O)OC(C(=O)CCCCCCCCCCCCCCCCC)C(CO)(CO)CO. The third-order valence-electron chi connectivity index (χ3n) is 10.1. The van der Waals surface area contributed by atoms with Crippen molar-refractivity contribution in [2.75, 3.05) is 19.8 Å². The third kappa shape index (κ3) is 26.5. The summed E-state index contributed by atoms with van der Waals surface area (Å²) in [5, 5.41) is 29.9. The molecule has 1 unspecified atom stereocenters. The molecule has 6 nitrogen and oxygen atoms in total. The molecule has 0 aliphatic heterocycles. The highest BCUT2D eigenvalue weighted by molar-refractivity contribution is 5.86. The van der Waals surface area contributed by atoms with Gasteiger partial charge in [-0.15, -0.1) is 0 Å². The highest BCUT2D eigenvalue weighted by atomic mass is 16.5. The molecule has 0 spiro atoms. The summed E-state index contributed by atoms with van der Waals surface area (Å²) < 4.78 is 5.58. The smallest absolute Gasteiger partial charge is 0.306 e. The van der Waals surface area contributed by atoms with Crippen molar-refractivity contribution in [1.82, 2.24) is 0 Å². The molecule has 280 valence electrons. The molecule has 1 atom stereocenters. The molecule has 0 rings (SSSR count). The molecular weight excluding hydrogens is 588 g/mol. The van der Waals surface area contributed by atoms with E-state index in [1.54, 1.807) is 0 Å². The number of unbranched alkanes of at least 4 members (excludes halogenated alkanes) is 28. The first kappa shape index (κ1) is 46.0. The lowest BCUT2D eigenvalue weighted by Crippen LogP contribution is -2.51. The number of esters is 1. The molecule has 0 saturated heterocycles. The van der Waals surface area contributed by atoms with E-state index in [-0.39, 0.29) is 18.6 Å². The van der Waals surface area contributed by atoms with Gasteiger partial charge in [-0.3, -0.25) is 9.59 Å². The van der Waals surface area contributed by atoms with Gasteiger partial charge in [-0.1, -0.05) is 194 Å². The molecule has 0 bridgehead atoms. The number of aliphatic hydroxyl groups excluding tert-OH is 3. The van der Waals surface area contributed by atoms with Crippen LogP contribution >= 0.6 is 0 Å². The molecule has 0 radical (unpaired) electrons. The van der Waals surface area contributed by atoms with Crippen LogP contribution in [0.15, 0.2) is 0 Å². The van der Waals surface area contributed by atoms with E-state index >= 15 is 0 Å². The van der Waals surface area contributed by atoms with Crippen molar-refractivity contribution < 1.29 is 29.6 Å².